The number of hydrogen-bond acceptors (Lipinski definition) is 3. The fourth-order valence-corrected chi connectivity index (χ4v) is 4.64. The molecule has 2 aliphatic carbocycles. The fourth-order valence-electron chi connectivity index (χ4n) is 3.97. The first-order chi connectivity index (χ1) is 8.36. The van der Waals surface area contributed by atoms with E-state index in [9.17, 15) is 0 Å². The zero-order valence-electron chi connectivity index (χ0n) is 10.6. The summed E-state index contributed by atoms with van der Waals surface area (Å²) in [6, 6.07) is 0.668. The Bertz CT molecular complexity index is 349. The second-order valence-electron chi connectivity index (χ2n) is 5.63. The number of rotatable bonds is 5. The zero-order valence-corrected chi connectivity index (χ0v) is 11.4. The molecule has 1 aromatic heterocycles. The number of hydrogen-bond donors (Lipinski definition) is 1. The smallest absolute Gasteiger partial charge is 0.0940 e. The van der Waals surface area contributed by atoms with E-state index in [0.717, 1.165) is 30.7 Å². The molecule has 1 heterocycles. The van der Waals surface area contributed by atoms with Crippen molar-refractivity contribution in [1.82, 2.24) is 10.3 Å². The molecule has 1 aromatic rings. The number of fused-ring (bicyclic) bond motifs is 2. The molecule has 3 heteroatoms. The third-order valence-electron chi connectivity index (χ3n) is 4.65. The Labute approximate surface area is 108 Å². The molecule has 0 aromatic carbocycles. The van der Waals surface area contributed by atoms with Crippen LogP contribution >= 0.6 is 11.3 Å². The first-order valence-corrected chi connectivity index (χ1v) is 7.86. The maximum absolute atomic E-state index is 4.45. The molecule has 0 amide bonds. The van der Waals surface area contributed by atoms with Crippen molar-refractivity contribution in [3.8, 4) is 0 Å². The summed E-state index contributed by atoms with van der Waals surface area (Å²) >= 11 is 1.80. The minimum Gasteiger partial charge on any atom is -0.314 e. The lowest BCUT2D eigenvalue weighted by Gasteiger charge is -2.30. The Balaban J connectivity index is 1.67. The predicted molar refractivity (Wildman–Crippen MR) is 72.2 cm³/mol. The summed E-state index contributed by atoms with van der Waals surface area (Å²) in [5.41, 5.74) is 0. The highest BCUT2D eigenvalue weighted by atomic mass is 32.1. The van der Waals surface area contributed by atoms with Crippen LogP contribution in [0.5, 0.6) is 0 Å². The number of aromatic nitrogens is 1. The summed E-state index contributed by atoms with van der Waals surface area (Å²) < 4.78 is 0. The van der Waals surface area contributed by atoms with Crippen LogP contribution < -0.4 is 5.32 Å². The van der Waals surface area contributed by atoms with Gasteiger partial charge in [0.2, 0.25) is 0 Å². The van der Waals surface area contributed by atoms with E-state index in [1.54, 1.807) is 11.3 Å². The van der Waals surface area contributed by atoms with Crippen molar-refractivity contribution < 1.29 is 0 Å². The van der Waals surface area contributed by atoms with Crippen LogP contribution in [0.1, 0.15) is 37.6 Å². The molecule has 1 N–H and O–H groups in total. The van der Waals surface area contributed by atoms with Crippen LogP contribution in [0.15, 0.2) is 11.6 Å². The normalized spacial score (nSPS) is 33.1. The first-order valence-electron chi connectivity index (χ1n) is 6.98. The molecule has 17 heavy (non-hydrogen) atoms. The van der Waals surface area contributed by atoms with Crippen LogP contribution in [-0.2, 0) is 6.42 Å². The summed E-state index contributed by atoms with van der Waals surface area (Å²) in [4.78, 5) is 4.45. The Morgan fingerprint density at radius 3 is 3.00 bits per heavy atom. The standard InChI is InChI=1S/C14H22N2S/c1-2-15-13(9-14-16-5-6-17-14)12-8-10-3-4-11(12)7-10/h5-6,10-13,15H,2-4,7-9H2,1H3. The summed E-state index contributed by atoms with van der Waals surface area (Å²) in [6.07, 6.45) is 9.02. The van der Waals surface area contributed by atoms with Crippen LogP contribution in [0, 0.1) is 17.8 Å². The van der Waals surface area contributed by atoms with E-state index >= 15 is 0 Å². The molecule has 3 rings (SSSR count). The van der Waals surface area contributed by atoms with E-state index in [-0.39, 0.29) is 0 Å². The molecular formula is C14H22N2S. The summed E-state index contributed by atoms with van der Waals surface area (Å²) in [7, 11) is 0. The molecular weight excluding hydrogens is 228 g/mol. The SMILES string of the molecule is CCNC(Cc1nccs1)C1CC2CCC1C2. The maximum atomic E-state index is 4.45. The monoisotopic (exact) mass is 250 g/mol. The highest BCUT2D eigenvalue weighted by Gasteiger charge is 2.42. The van der Waals surface area contributed by atoms with Crippen molar-refractivity contribution in [3.05, 3.63) is 16.6 Å². The lowest BCUT2D eigenvalue weighted by Crippen LogP contribution is -2.40. The number of likely N-dealkylation sites (N-methyl/N-ethyl adjacent to an activating group) is 1. The lowest BCUT2D eigenvalue weighted by molar-refractivity contribution is 0.249. The third-order valence-corrected chi connectivity index (χ3v) is 5.46. The van der Waals surface area contributed by atoms with Crippen molar-refractivity contribution in [2.75, 3.05) is 6.54 Å². The van der Waals surface area contributed by atoms with Gasteiger partial charge in [0.25, 0.3) is 0 Å². The molecule has 0 radical (unpaired) electrons. The average molecular weight is 250 g/mol. The molecule has 4 unspecified atom stereocenters. The van der Waals surface area contributed by atoms with Crippen LogP contribution in [0.2, 0.25) is 0 Å². The Morgan fingerprint density at radius 1 is 1.47 bits per heavy atom. The van der Waals surface area contributed by atoms with Crippen LogP contribution in [0.4, 0.5) is 0 Å². The van der Waals surface area contributed by atoms with Gasteiger partial charge in [0.1, 0.15) is 0 Å². The van der Waals surface area contributed by atoms with Crippen molar-refractivity contribution in [2.24, 2.45) is 17.8 Å². The molecule has 0 aliphatic heterocycles. The van der Waals surface area contributed by atoms with E-state index in [1.807, 2.05) is 6.20 Å². The highest BCUT2D eigenvalue weighted by molar-refractivity contribution is 7.09. The van der Waals surface area contributed by atoms with Crippen molar-refractivity contribution in [1.29, 1.82) is 0 Å². The second kappa shape index (κ2) is 5.07. The molecule has 94 valence electrons. The summed E-state index contributed by atoms with van der Waals surface area (Å²) in [5, 5.41) is 7.12. The van der Waals surface area contributed by atoms with Gasteiger partial charge in [-0.15, -0.1) is 11.3 Å². The highest BCUT2D eigenvalue weighted by Crippen LogP contribution is 2.49. The van der Waals surface area contributed by atoms with Gasteiger partial charge < -0.3 is 5.32 Å². The first kappa shape index (κ1) is 11.7. The molecule has 0 saturated heterocycles. The molecule has 2 aliphatic rings. The number of nitrogens with zero attached hydrogens (tertiary/aromatic N) is 1. The van der Waals surface area contributed by atoms with Gasteiger partial charge in [0, 0.05) is 24.0 Å². The van der Waals surface area contributed by atoms with Crippen LogP contribution in [-0.4, -0.2) is 17.6 Å². The van der Waals surface area contributed by atoms with Gasteiger partial charge in [-0.3, -0.25) is 0 Å². The lowest BCUT2D eigenvalue weighted by atomic mass is 9.82. The minimum absolute atomic E-state index is 0.668. The van der Waals surface area contributed by atoms with E-state index in [4.69, 9.17) is 0 Å². The van der Waals surface area contributed by atoms with Gasteiger partial charge in [-0.2, -0.15) is 0 Å². The van der Waals surface area contributed by atoms with E-state index in [1.165, 1.54) is 30.7 Å². The quantitative estimate of drug-likeness (QED) is 0.868. The van der Waals surface area contributed by atoms with E-state index in [2.05, 4.69) is 22.6 Å². The predicted octanol–water partition coefficient (Wildman–Crippen LogP) is 3.10. The van der Waals surface area contributed by atoms with Gasteiger partial charge in [-0.25, -0.2) is 4.98 Å². The Morgan fingerprint density at radius 2 is 2.41 bits per heavy atom. The number of nitrogens with one attached hydrogen (secondary N) is 1. The number of thiazole rings is 1. The van der Waals surface area contributed by atoms with Crippen molar-refractivity contribution in [3.63, 3.8) is 0 Å². The van der Waals surface area contributed by atoms with E-state index in [0.29, 0.717) is 6.04 Å². The van der Waals surface area contributed by atoms with Gasteiger partial charge in [0.05, 0.1) is 5.01 Å². The Hall–Kier alpha value is -0.410. The van der Waals surface area contributed by atoms with Gasteiger partial charge in [-0.1, -0.05) is 13.3 Å². The summed E-state index contributed by atoms with van der Waals surface area (Å²) in [5.74, 6) is 2.96. The average Bonchev–Trinajstić information content (AvgIpc) is 3.05. The van der Waals surface area contributed by atoms with Crippen molar-refractivity contribution >= 4 is 11.3 Å². The van der Waals surface area contributed by atoms with E-state index < -0.39 is 0 Å². The molecule has 0 spiro atoms. The van der Waals surface area contributed by atoms with Crippen LogP contribution in [0.25, 0.3) is 0 Å². The van der Waals surface area contributed by atoms with Gasteiger partial charge in [0.15, 0.2) is 0 Å². The minimum atomic E-state index is 0.668. The molecule has 2 saturated carbocycles. The largest absolute Gasteiger partial charge is 0.314 e. The van der Waals surface area contributed by atoms with Crippen LogP contribution in [0.3, 0.4) is 0 Å². The molecule has 4 atom stereocenters. The Kier molecular flexibility index (Phi) is 3.48. The topological polar surface area (TPSA) is 24.9 Å². The van der Waals surface area contributed by atoms with Gasteiger partial charge in [-0.05, 0) is 43.6 Å². The molecule has 2 nitrogen and oxygen atoms in total. The third kappa shape index (κ3) is 2.41. The zero-order chi connectivity index (χ0) is 11.7. The molecule has 2 fully saturated rings. The fraction of sp³-hybridized carbons (Fsp3) is 0.786. The van der Waals surface area contributed by atoms with Gasteiger partial charge >= 0.3 is 0 Å². The summed E-state index contributed by atoms with van der Waals surface area (Å²) in [6.45, 7) is 3.31. The maximum Gasteiger partial charge on any atom is 0.0940 e. The second-order valence-corrected chi connectivity index (χ2v) is 6.61. The van der Waals surface area contributed by atoms with Crippen molar-refractivity contribution in [2.45, 2.75) is 45.1 Å². The molecule has 2 bridgehead atoms.